The Morgan fingerprint density at radius 1 is 1.30 bits per heavy atom. The van der Waals surface area contributed by atoms with Crippen molar-refractivity contribution < 1.29 is 14.6 Å². The van der Waals surface area contributed by atoms with Crippen LogP contribution in [0, 0.1) is 0 Å². The van der Waals surface area contributed by atoms with E-state index in [0.29, 0.717) is 10.9 Å². The summed E-state index contributed by atoms with van der Waals surface area (Å²) in [7, 11) is 0. The molecule has 2 aromatic heterocycles. The molecule has 0 aliphatic carbocycles. The molecule has 2 heterocycles. The van der Waals surface area contributed by atoms with E-state index in [-0.39, 0.29) is 11.3 Å². The third kappa shape index (κ3) is 2.33. The molecule has 20 heavy (non-hydrogen) atoms. The van der Waals surface area contributed by atoms with Crippen LogP contribution >= 0.6 is 22.9 Å². The van der Waals surface area contributed by atoms with E-state index in [1.165, 1.54) is 18.2 Å². The van der Waals surface area contributed by atoms with E-state index in [4.69, 9.17) is 21.4 Å². The molecule has 0 unspecified atom stereocenters. The van der Waals surface area contributed by atoms with Gasteiger partial charge in [-0.2, -0.15) is 0 Å². The minimum absolute atomic E-state index is 0.0448. The highest BCUT2D eigenvalue weighted by molar-refractivity contribution is 7.17. The predicted molar refractivity (Wildman–Crippen MR) is 78.1 cm³/mol. The van der Waals surface area contributed by atoms with Gasteiger partial charge in [-0.15, -0.1) is 11.3 Å². The Morgan fingerprint density at radius 2 is 2.15 bits per heavy atom. The van der Waals surface area contributed by atoms with Crippen LogP contribution in [-0.4, -0.2) is 16.1 Å². The van der Waals surface area contributed by atoms with E-state index in [9.17, 15) is 4.79 Å². The Balaban J connectivity index is 2.09. The molecule has 0 radical (unpaired) electrons. The number of fused-ring (bicyclic) bond motifs is 1. The lowest BCUT2D eigenvalue weighted by molar-refractivity contribution is 0.0694. The zero-order chi connectivity index (χ0) is 14.1. The molecule has 0 amide bonds. The highest BCUT2D eigenvalue weighted by Crippen LogP contribution is 2.33. The number of aromatic carboxylic acids is 1. The molecule has 0 saturated heterocycles. The summed E-state index contributed by atoms with van der Waals surface area (Å²) < 4.78 is 6.68. The fourth-order valence-electron chi connectivity index (χ4n) is 1.81. The number of aromatic nitrogens is 1. The molecule has 0 atom stereocenters. The van der Waals surface area contributed by atoms with Crippen LogP contribution in [0.5, 0.6) is 11.6 Å². The molecule has 0 aliphatic heterocycles. The summed E-state index contributed by atoms with van der Waals surface area (Å²) in [5.41, 5.74) is 0.0448. The van der Waals surface area contributed by atoms with Crippen LogP contribution in [-0.2, 0) is 0 Å². The predicted octanol–water partition coefficient (Wildman–Crippen LogP) is 4.44. The lowest BCUT2D eigenvalue weighted by Crippen LogP contribution is -2.00. The smallest absolute Gasteiger partial charge is 0.339 e. The van der Waals surface area contributed by atoms with Gasteiger partial charge in [0.25, 0.3) is 0 Å². The molecule has 3 aromatic rings. The van der Waals surface area contributed by atoms with Crippen LogP contribution in [0.25, 0.3) is 10.1 Å². The van der Waals surface area contributed by atoms with Gasteiger partial charge in [0.15, 0.2) is 0 Å². The van der Waals surface area contributed by atoms with E-state index in [0.717, 1.165) is 10.1 Å². The van der Waals surface area contributed by atoms with E-state index >= 15 is 0 Å². The molecule has 0 aliphatic rings. The SMILES string of the molecule is O=C(O)c1ccc(Cl)cc1Oc1nccc2sccc12. The van der Waals surface area contributed by atoms with Crippen LogP contribution in [0.2, 0.25) is 5.02 Å². The number of halogens is 1. The average Bonchev–Trinajstić information content (AvgIpc) is 2.88. The number of carboxylic acid groups (broad SMARTS) is 1. The average molecular weight is 306 g/mol. The summed E-state index contributed by atoms with van der Waals surface area (Å²) in [6.07, 6.45) is 1.62. The molecule has 0 fully saturated rings. The van der Waals surface area contributed by atoms with Crippen LogP contribution in [0.15, 0.2) is 41.9 Å². The van der Waals surface area contributed by atoms with Gasteiger partial charge < -0.3 is 9.84 Å². The molecule has 100 valence electrons. The van der Waals surface area contributed by atoms with Crippen molar-refractivity contribution in [3.63, 3.8) is 0 Å². The summed E-state index contributed by atoms with van der Waals surface area (Å²) in [5.74, 6) is -0.529. The lowest BCUT2D eigenvalue weighted by atomic mass is 10.2. The standard InChI is InChI=1S/C14H8ClNO3S/c15-8-1-2-9(14(17)18)11(7-8)19-13-10-4-6-20-12(10)3-5-16-13/h1-7H,(H,17,18). The van der Waals surface area contributed by atoms with Gasteiger partial charge in [0.2, 0.25) is 5.88 Å². The highest BCUT2D eigenvalue weighted by atomic mass is 35.5. The Morgan fingerprint density at radius 3 is 2.95 bits per heavy atom. The summed E-state index contributed by atoms with van der Waals surface area (Å²) in [5, 5.41) is 12.3. The number of ether oxygens (including phenoxy) is 1. The third-order valence-corrected chi connectivity index (χ3v) is 3.84. The van der Waals surface area contributed by atoms with E-state index in [1.54, 1.807) is 17.5 Å². The molecule has 1 aromatic carbocycles. The van der Waals surface area contributed by atoms with Crippen LogP contribution in [0.1, 0.15) is 10.4 Å². The molecule has 4 nitrogen and oxygen atoms in total. The number of hydrogen-bond donors (Lipinski definition) is 1. The Kier molecular flexibility index (Phi) is 3.30. The van der Waals surface area contributed by atoms with Crippen molar-refractivity contribution in [3.05, 3.63) is 52.5 Å². The number of carbonyl (C=O) groups is 1. The number of thiophene rings is 1. The number of carboxylic acids is 1. The minimum Gasteiger partial charge on any atom is -0.478 e. The second-order valence-electron chi connectivity index (χ2n) is 4.00. The van der Waals surface area contributed by atoms with E-state index in [2.05, 4.69) is 4.98 Å². The van der Waals surface area contributed by atoms with Gasteiger partial charge in [-0.05, 0) is 29.6 Å². The Labute approximate surface area is 123 Å². The highest BCUT2D eigenvalue weighted by Gasteiger charge is 2.14. The maximum atomic E-state index is 11.2. The maximum absolute atomic E-state index is 11.2. The first-order valence-electron chi connectivity index (χ1n) is 5.68. The number of hydrogen-bond acceptors (Lipinski definition) is 4. The molecule has 1 N–H and O–H groups in total. The first-order chi connectivity index (χ1) is 9.65. The van der Waals surface area contributed by atoms with Crippen molar-refractivity contribution >= 4 is 39.0 Å². The molecule has 0 saturated carbocycles. The van der Waals surface area contributed by atoms with E-state index < -0.39 is 5.97 Å². The molecular weight excluding hydrogens is 298 g/mol. The minimum atomic E-state index is -1.07. The van der Waals surface area contributed by atoms with Gasteiger partial charge in [-0.25, -0.2) is 9.78 Å². The molecular formula is C14H8ClNO3S. The normalized spacial score (nSPS) is 10.7. The van der Waals surface area contributed by atoms with Crippen molar-refractivity contribution in [1.29, 1.82) is 0 Å². The number of benzene rings is 1. The van der Waals surface area contributed by atoms with Gasteiger partial charge in [-0.3, -0.25) is 0 Å². The second kappa shape index (κ2) is 5.11. The zero-order valence-electron chi connectivity index (χ0n) is 10.0. The van der Waals surface area contributed by atoms with Gasteiger partial charge >= 0.3 is 5.97 Å². The third-order valence-electron chi connectivity index (χ3n) is 2.72. The second-order valence-corrected chi connectivity index (χ2v) is 5.38. The zero-order valence-corrected chi connectivity index (χ0v) is 11.6. The summed E-state index contributed by atoms with van der Waals surface area (Å²) in [6.45, 7) is 0. The quantitative estimate of drug-likeness (QED) is 0.777. The van der Waals surface area contributed by atoms with Gasteiger partial charge in [-0.1, -0.05) is 11.6 Å². The van der Waals surface area contributed by atoms with Crippen LogP contribution in [0.3, 0.4) is 0 Å². The van der Waals surface area contributed by atoms with Crippen LogP contribution < -0.4 is 4.74 Å². The first-order valence-corrected chi connectivity index (χ1v) is 6.94. The molecule has 0 spiro atoms. The summed E-state index contributed by atoms with van der Waals surface area (Å²) in [6, 6.07) is 8.15. The van der Waals surface area contributed by atoms with E-state index in [1.807, 2.05) is 17.5 Å². The first kappa shape index (κ1) is 12.9. The van der Waals surface area contributed by atoms with Crippen molar-refractivity contribution in [2.45, 2.75) is 0 Å². The van der Waals surface area contributed by atoms with Crippen molar-refractivity contribution in [3.8, 4) is 11.6 Å². The number of pyridine rings is 1. The number of rotatable bonds is 3. The lowest BCUT2D eigenvalue weighted by Gasteiger charge is -2.09. The largest absolute Gasteiger partial charge is 0.478 e. The summed E-state index contributed by atoms with van der Waals surface area (Å²) in [4.78, 5) is 15.3. The van der Waals surface area contributed by atoms with Crippen molar-refractivity contribution in [1.82, 2.24) is 4.98 Å². The Hall–Kier alpha value is -2.11. The Bertz CT molecular complexity index is 800. The van der Waals surface area contributed by atoms with Gasteiger partial charge in [0.05, 0.1) is 5.39 Å². The van der Waals surface area contributed by atoms with Crippen molar-refractivity contribution in [2.24, 2.45) is 0 Å². The summed E-state index contributed by atoms with van der Waals surface area (Å²) >= 11 is 7.46. The fraction of sp³-hybridized carbons (Fsp3) is 0. The molecule has 3 rings (SSSR count). The monoisotopic (exact) mass is 305 g/mol. The molecule has 6 heteroatoms. The number of nitrogens with zero attached hydrogens (tertiary/aromatic N) is 1. The molecule has 0 bridgehead atoms. The topological polar surface area (TPSA) is 59.4 Å². The van der Waals surface area contributed by atoms with Gasteiger partial charge in [0, 0.05) is 22.0 Å². The van der Waals surface area contributed by atoms with Gasteiger partial charge in [0.1, 0.15) is 11.3 Å². The maximum Gasteiger partial charge on any atom is 0.339 e. The fourth-order valence-corrected chi connectivity index (χ4v) is 2.75. The van der Waals surface area contributed by atoms with Crippen molar-refractivity contribution in [2.75, 3.05) is 0 Å². The van der Waals surface area contributed by atoms with Crippen LogP contribution in [0.4, 0.5) is 0 Å².